The molecule has 2 rings (SSSR count). The number of hydrogen-bond donors (Lipinski definition) is 1. The second-order valence-corrected chi connectivity index (χ2v) is 7.66. The Bertz CT molecular complexity index is 618. The van der Waals surface area contributed by atoms with Gasteiger partial charge in [0, 0.05) is 26.7 Å². The smallest absolute Gasteiger partial charge is 0.269 e. The zero-order valence-electron chi connectivity index (χ0n) is 13.2. The molecule has 0 bridgehead atoms. The molecule has 22 heavy (non-hydrogen) atoms. The van der Waals surface area contributed by atoms with Gasteiger partial charge in [-0.05, 0) is 25.3 Å². The summed E-state index contributed by atoms with van der Waals surface area (Å²) in [5.74, 6) is -0.340. The average Bonchev–Trinajstić information content (AvgIpc) is 3.09. The highest BCUT2D eigenvalue weighted by Gasteiger charge is 2.25. The summed E-state index contributed by atoms with van der Waals surface area (Å²) in [6, 6.07) is 1.76. The lowest BCUT2D eigenvalue weighted by molar-refractivity contribution is 0.0946. The third kappa shape index (κ3) is 4.07. The van der Waals surface area contributed by atoms with Crippen LogP contribution in [0.5, 0.6) is 0 Å². The normalized spacial score (nSPS) is 16.1. The van der Waals surface area contributed by atoms with Crippen LogP contribution < -0.4 is 5.32 Å². The molecule has 124 valence electrons. The predicted molar refractivity (Wildman–Crippen MR) is 84.1 cm³/mol. The Hall–Kier alpha value is -1.41. The highest BCUT2D eigenvalue weighted by molar-refractivity contribution is 7.89. The molecule has 0 spiro atoms. The highest BCUT2D eigenvalue weighted by Crippen LogP contribution is 2.12. The van der Waals surface area contributed by atoms with E-state index in [1.165, 1.54) is 8.99 Å². The number of aromatic nitrogens is 2. The molecule has 1 aliphatic heterocycles. The van der Waals surface area contributed by atoms with Crippen LogP contribution in [-0.2, 0) is 23.5 Å². The molecule has 1 N–H and O–H groups in total. The molecule has 1 aromatic heterocycles. The molecule has 8 heteroatoms. The molecule has 0 aliphatic carbocycles. The van der Waals surface area contributed by atoms with E-state index in [0.29, 0.717) is 18.8 Å². The van der Waals surface area contributed by atoms with Crippen LogP contribution >= 0.6 is 0 Å². The summed E-state index contributed by atoms with van der Waals surface area (Å²) in [6.45, 7) is 3.36. The van der Waals surface area contributed by atoms with Crippen molar-refractivity contribution in [3.8, 4) is 0 Å². The predicted octanol–water partition coefficient (Wildman–Crippen LogP) is 0.528. The van der Waals surface area contributed by atoms with E-state index in [2.05, 4.69) is 17.3 Å². The SMILES string of the molecule is CCCc1cc(C(=O)NCCS(=O)(=O)N2CCCC2)n(C)n1. The van der Waals surface area contributed by atoms with Crippen molar-refractivity contribution in [1.29, 1.82) is 0 Å². The van der Waals surface area contributed by atoms with Crippen LogP contribution in [-0.4, -0.2) is 53.8 Å². The first-order chi connectivity index (χ1) is 10.4. The Balaban J connectivity index is 1.87. The molecular formula is C14H24N4O3S. The standard InChI is InChI=1S/C14H24N4O3S/c1-3-6-12-11-13(17(2)16-12)14(19)15-7-10-22(20,21)18-8-4-5-9-18/h11H,3-10H2,1-2H3,(H,15,19). The maximum absolute atomic E-state index is 12.1. The monoisotopic (exact) mass is 328 g/mol. The molecule has 1 amide bonds. The van der Waals surface area contributed by atoms with Crippen molar-refractivity contribution in [3.05, 3.63) is 17.5 Å². The first-order valence-corrected chi connectivity index (χ1v) is 9.34. The lowest BCUT2D eigenvalue weighted by Crippen LogP contribution is -2.36. The van der Waals surface area contributed by atoms with Gasteiger partial charge in [-0.1, -0.05) is 13.3 Å². The van der Waals surface area contributed by atoms with Crippen molar-refractivity contribution in [1.82, 2.24) is 19.4 Å². The van der Waals surface area contributed by atoms with Crippen molar-refractivity contribution in [2.45, 2.75) is 32.6 Å². The van der Waals surface area contributed by atoms with Gasteiger partial charge in [0.1, 0.15) is 5.69 Å². The van der Waals surface area contributed by atoms with E-state index in [1.54, 1.807) is 13.1 Å². The van der Waals surface area contributed by atoms with E-state index in [4.69, 9.17) is 0 Å². The summed E-state index contributed by atoms with van der Waals surface area (Å²) in [7, 11) is -1.54. The molecule has 1 fully saturated rings. The van der Waals surface area contributed by atoms with Gasteiger partial charge in [0.15, 0.2) is 0 Å². The fourth-order valence-corrected chi connectivity index (χ4v) is 4.03. The van der Waals surface area contributed by atoms with E-state index in [-0.39, 0.29) is 18.2 Å². The second-order valence-electron chi connectivity index (χ2n) is 5.57. The first kappa shape index (κ1) is 17.0. The largest absolute Gasteiger partial charge is 0.350 e. The molecule has 0 atom stereocenters. The maximum Gasteiger partial charge on any atom is 0.269 e. The molecule has 1 aromatic rings. The van der Waals surface area contributed by atoms with Crippen molar-refractivity contribution in [2.75, 3.05) is 25.4 Å². The lowest BCUT2D eigenvalue weighted by atomic mass is 10.2. The zero-order valence-corrected chi connectivity index (χ0v) is 14.0. The molecule has 1 aliphatic rings. The number of aryl methyl sites for hydroxylation is 2. The summed E-state index contributed by atoms with van der Waals surface area (Å²) in [5.41, 5.74) is 1.34. The second kappa shape index (κ2) is 7.23. The van der Waals surface area contributed by atoms with Gasteiger partial charge in [-0.3, -0.25) is 9.48 Å². The Kier molecular flexibility index (Phi) is 5.57. The van der Waals surface area contributed by atoms with E-state index in [0.717, 1.165) is 31.4 Å². The summed E-state index contributed by atoms with van der Waals surface area (Å²) in [5, 5.41) is 6.94. The Labute approximate surface area is 131 Å². The fraction of sp³-hybridized carbons (Fsp3) is 0.714. The van der Waals surface area contributed by atoms with Gasteiger partial charge in [0.05, 0.1) is 11.4 Å². The number of nitrogens with zero attached hydrogens (tertiary/aromatic N) is 3. The summed E-state index contributed by atoms with van der Waals surface area (Å²) in [6.07, 6.45) is 3.62. The van der Waals surface area contributed by atoms with Gasteiger partial charge in [-0.25, -0.2) is 12.7 Å². The van der Waals surface area contributed by atoms with Crippen molar-refractivity contribution in [3.63, 3.8) is 0 Å². The number of rotatable bonds is 7. The van der Waals surface area contributed by atoms with Gasteiger partial charge in [-0.2, -0.15) is 5.10 Å². The third-order valence-corrected chi connectivity index (χ3v) is 5.65. The van der Waals surface area contributed by atoms with E-state index in [9.17, 15) is 13.2 Å². The molecule has 0 saturated carbocycles. The summed E-state index contributed by atoms with van der Waals surface area (Å²) < 4.78 is 27.2. The third-order valence-electron chi connectivity index (χ3n) is 3.77. The fourth-order valence-electron chi connectivity index (χ4n) is 2.60. The van der Waals surface area contributed by atoms with Gasteiger partial charge in [0.25, 0.3) is 5.91 Å². The molecule has 0 aromatic carbocycles. The van der Waals surface area contributed by atoms with Gasteiger partial charge >= 0.3 is 0 Å². The molecule has 1 saturated heterocycles. The van der Waals surface area contributed by atoms with Gasteiger partial charge in [0.2, 0.25) is 10.0 Å². The Morgan fingerprint density at radius 1 is 1.36 bits per heavy atom. The zero-order chi connectivity index (χ0) is 16.2. The van der Waals surface area contributed by atoms with E-state index >= 15 is 0 Å². The number of carbonyl (C=O) groups excluding carboxylic acids is 1. The van der Waals surface area contributed by atoms with Crippen molar-refractivity contribution < 1.29 is 13.2 Å². The molecular weight excluding hydrogens is 304 g/mol. The quantitative estimate of drug-likeness (QED) is 0.791. The van der Waals surface area contributed by atoms with Crippen LogP contribution in [0.3, 0.4) is 0 Å². The van der Waals surface area contributed by atoms with Crippen LogP contribution in [0.4, 0.5) is 0 Å². The Morgan fingerprint density at radius 3 is 2.68 bits per heavy atom. The highest BCUT2D eigenvalue weighted by atomic mass is 32.2. The van der Waals surface area contributed by atoms with E-state index < -0.39 is 10.0 Å². The van der Waals surface area contributed by atoms with Gasteiger partial charge < -0.3 is 5.32 Å². The van der Waals surface area contributed by atoms with Gasteiger partial charge in [-0.15, -0.1) is 0 Å². The van der Waals surface area contributed by atoms with Crippen LogP contribution in [0.25, 0.3) is 0 Å². The minimum absolute atomic E-state index is 0.0571. The van der Waals surface area contributed by atoms with Crippen LogP contribution in [0, 0.1) is 0 Å². The number of hydrogen-bond acceptors (Lipinski definition) is 4. The Morgan fingerprint density at radius 2 is 2.05 bits per heavy atom. The number of carbonyl (C=O) groups is 1. The van der Waals surface area contributed by atoms with Crippen LogP contribution in [0.1, 0.15) is 42.4 Å². The van der Waals surface area contributed by atoms with E-state index in [1.807, 2.05) is 0 Å². The summed E-state index contributed by atoms with van der Waals surface area (Å²) in [4.78, 5) is 12.1. The maximum atomic E-state index is 12.1. The minimum Gasteiger partial charge on any atom is -0.350 e. The average molecular weight is 328 g/mol. The molecule has 7 nitrogen and oxygen atoms in total. The van der Waals surface area contributed by atoms with Crippen molar-refractivity contribution in [2.24, 2.45) is 7.05 Å². The molecule has 2 heterocycles. The topological polar surface area (TPSA) is 84.3 Å². The number of nitrogens with one attached hydrogen (secondary N) is 1. The first-order valence-electron chi connectivity index (χ1n) is 7.73. The minimum atomic E-state index is -3.26. The van der Waals surface area contributed by atoms with Crippen molar-refractivity contribution >= 4 is 15.9 Å². The lowest BCUT2D eigenvalue weighted by Gasteiger charge is -2.15. The van der Waals surface area contributed by atoms with Crippen LogP contribution in [0.2, 0.25) is 0 Å². The molecule has 0 unspecified atom stereocenters. The number of amides is 1. The molecule has 0 radical (unpaired) electrons. The van der Waals surface area contributed by atoms with Crippen LogP contribution in [0.15, 0.2) is 6.07 Å². The summed E-state index contributed by atoms with van der Waals surface area (Å²) >= 11 is 0. The number of sulfonamides is 1.